The Morgan fingerprint density at radius 1 is 1.25 bits per heavy atom. The number of hydrogen-bond acceptors (Lipinski definition) is 4. The topological polar surface area (TPSA) is 59.0 Å². The van der Waals surface area contributed by atoms with E-state index in [0.29, 0.717) is 27.4 Å². The predicted molar refractivity (Wildman–Crippen MR) is 96.2 cm³/mol. The Hall–Kier alpha value is -2.71. The second kappa shape index (κ2) is 5.73. The minimum Gasteiger partial charge on any atom is -0.476 e. The normalized spacial score (nSPS) is 19.2. The highest BCUT2D eigenvalue weighted by Crippen LogP contribution is 2.45. The van der Waals surface area contributed by atoms with Gasteiger partial charge in [0.1, 0.15) is 11.6 Å². The van der Waals surface area contributed by atoms with Gasteiger partial charge in [-0.3, -0.25) is 0 Å². The molecule has 0 spiro atoms. The molecule has 0 fully saturated rings. The van der Waals surface area contributed by atoms with E-state index in [1.54, 1.807) is 44.2 Å². The van der Waals surface area contributed by atoms with Crippen molar-refractivity contribution in [3.8, 4) is 11.8 Å². The zero-order valence-corrected chi connectivity index (χ0v) is 14.1. The number of nitriles is 1. The number of ether oxygens (including phenoxy) is 1. The lowest BCUT2D eigenvalue weighted by Gasteiger charge is -2.36. The molecule has 5 heteroatoms. The first-order valence-corrected chi connectivity index (χ1v) is 7.78. The van der Waals surface area contributed by atoms with Gasteiger partial charge >= 0.3 is 0 Å². The molecule has 0 amide bonds. The van der Waals surface area contributed by atoms with Gasteiger partial charge < -0.3 is 10.5 Å². The van der Waals surface area contributed by atoms with Crippen LogP contribution in [0, 0.1) is 17.1 Å². The van der Waals surface area contributed by atoms with Crippen LogP contribution in [-0.4, -0.2) is 10.5 Å². The summed E-state index contributed by atoms with van der Waals surface area (Å²) >= 11 is 5.36. The molecule has 1 atom stereocenters. The molecule has 1 heterocycles. The van der Waals surface area contributed by atoms with E-state index < -0.39 is 5.60 Å². The summed E-state index contributed by atoms with van der Waals surface area (Å²) in [6, 6.07) is 13.5. The van der Waals surface area contributed by atoms with Crippen molar-refractivity contribution in [2.45, 2.75) is 19.4 Å². The molecule has 0 aliphatic carbocycles. The number of nitrogen functional groups attached to an aromatic ring is 1. The lowest BCUT2D eigenvalue weighted by atomic mass is 9.81. The molecule has 120 valence electrons. The molecule has 0 radical (unpaired) electrons. The second-order valence-electron chi connectivity index (χ2n) is 5.82. The highest BCUT2D eigenvalue weighted by Gasteiger charge is 2.41. The lowest BCUT2D eigenvalue weighted by molar-refractivity contribution is 0.202. The highest BCUT2D eigenvalue weighted by molar-refractivity contribution is 7.80. The number of fused-ring (bicyclic) bond motifs is 1. The van der Waals surface area contributed by atoms with Crippen molar-refractivity contribution in [3.05, 3.63) is 65.0 Å². The molecular weight excluding hydrogens is 323 g/mol. The molecule has 1 aliphatic heterocycles. The molecule has 0 bridgehead atoms. The Kier molecular flexibility index (Phi) is 3.86. The Morgan fingerprint density at radius 2 is 1.92 bits per heavy atom. The first-order chi connectivity index (χ1) is 11.4. The third-order valence-electron chi connectivity index (χ3n) is 4.23. The number of benzene rings is 2. The summed E-state index contributed by atoms with van der Waals surface area (Å²) in [5.74, 6) is 0.219. The fourth-order valence-corrected chi connectivity index (χ4v) is 2.94. The number of nitrogens with two attached hydrogens (primary N) is 1. The number of thiocarbonyl (C=S) groups is 1. The first kappa shape index (κ1) is 16.2. The molecule has 1 unspecified atom stereocenters. The van der Waals surface area contributed by atoms with Crippen LogP contribution in [0.4, 0.5) is 10.1 Å². The predicted octanol–water partition coefficient (Wildman–Crippen LogP) is 4.27. The van der Waals surface area contributed by atoms with Crippen LogP contribution in [-0.2, 0) is 0 Å². The monoisotopic (exact) mass is 338 g/mol. The van der Waals surface area contributed by atoms with Gasteiger partial charge in [0.2, 0.25) is 0 Å². The Bertz CT molecular complexity index is 912. The maximum absolute atomic E-state index is 13.3. The molecule has 3 rings (SSSR count). The molecule has 2 aromatic carbocycles. The third-order valence-corrected chi connectivity index (χ3v) is 4.62. The molecule has 2 aromatic rings. The van der Waals surface area contributed by atoms with Crippen molar-refractivity contribution in [2.75, 3.05) is 5.73 Å². The van der Waals surface area contributed by atoms with Gasteiger partial charge in [0, 0.05) is 27.8 Å². The zero-order valence-electron chi connectivity index (χ0n) is 13.3. The van der Waals surface area contributed by atoms with E-state index in [1.165, 1.54) is 12.1 Å². The van der Waals surface area contributed by atoms with E-state index >= 15 is 0 Å². The number of anilines is 1. The van der Waals surface area contributed by atoms with Crippen LogP contribution in [0.25, 0.3) is 5.57 Å². The van der Waals surface area contributed by atoms with Crippen molar-refractivity contribution in [1.29, 1.82) is 5.26 Å². The molecular formula is C19H15FN2OS. The largest absolute Gasteiger partial charge is 0.476 e. The molecule has 0 saturated carbocycles. The molecule has 0 saturated heterocycles. The van der Waals surface area contributed by atoms with Gasteiger partial charge in [-0.1, -0.05) is 24.4 Å². The highest BCUT2D eigenvalue weighted by atomic mass is 32.1. The fraction of sp³-hybridized carbons (Fsp3) is 0.158. The summed E-state index contributed by atoms with van der Waals surface area (Å²) in [4.78, 5) is 0.534. The van der Waals surface area contributed by atoms with Crippen LogP contribution < -0.4 is 10.5 Å². The fourth-order valence-electron chi connectivity index (χ4n) is 2.80. The number of hydrogen-bond donors (Lipinski definition) is 1. The number of nitrogens with zero attached hydrogens (tertiary/aromatic N) is 1. The second-order valence-corrected chi connectivity index (χ2v) is 6.43. The van der Waals surface area contributed by atoms with Gasteiger partial charge in [-0.15, -0.1) is 0 Å². The van der Waals surface area contributed by atoms with Gasteiger partial charge in [-0.2, -0.15) is 5.26 Å². The third kappa shape index (κ3) is 2.45. The molecule has 3 nitrogen and oxygen atoms in total. The molecule has 24 heavy (non-hydrogen) atoms. The molecule has 2 N–H and O–H groups in total. The number of rotatable bonds is 2. The van der Waals surface area contributed by atoms with E-state index in [2.05, 4.69) is 6.07 Å². The smallest absolute Gasteiger partial charge is 0.172 e. The molecule has 1 aliphatic rings. The van der Waals surface area contributed by atoms with Gasteiger partial charge in [-0.05, 0) is 43.7 Å². The van der Waals surface area contributed by atoms with Gasteiger partial charge in [0.25, 0.3) is 0 Å². The summed E-state index contributed by atoms with van der Waals surface area (Å²) in [5, 5.41) is 9.80. The van der Waals surface area contributed by atoms with Crippen LogP contribution in [0.2, 0.25) is 0 Å². The minimum atomic E-state index is -1.05. The van der Waals surface area contributed by atoms with E-state index in [-0.39, 0.29) is 5.82 Å². The van der Waals surface area contributed by atoms with E-state index in [4.69, 9.17) is 22.7 Å². The maximum atomic E-state index is 13.3. The summed E-state index contributed by atoms with van der Waals surface area (Å²) in [6.45, 7) is 3.51. The Labute approximate surface area is 145 Å². The van der Waals surface area contributed by atoms with E-state index in [0.717, 1.165) is 11.1 Å². The van der Waals surface area contributed by atoms with E-state index in [9.17, 15) is 9.65 Å². The average molecular weight is 338 g/mol. The van der Waals surface area contributed by atoms with Crippen molar-refractivity contribution in [3.63, 3.8) is 0 Å². The van der Waals surface area contributed by atoms with Crippen molar-refractivity contribution in [1.82, 2.24) is 0 Å². The van der Waals surface area contributed by atoms with Crippen LogP contribution in [0.5, 0.6) is 5.75 Å². The van der Waals surface area contributed by atoms with Crippen LogP contribution in [0.1, 0.15) is 25.0 Å². The zero-order chi connectivity index (χ0) is 17.5. The van der Waals surface area contributed by atoms with Crippen molar-refractivity contribution in [2.24, 2.45) is 0 Å². The summed E-state index contributed by atoms with van der Waals surface area (Å²) in [5.41, 5.74) is 7.93. The quantitative estimate of drug-likeness (QED) is 0.656. The summed E-state index contributed by atoms with van der Waals surface area (Å²) < 4.78 is 19.4. The van der Waals surface area contributed by atoms with Crippen LogP contribution in [0.3, 0.4) is 0 Å². The first-order valence-electron chi connectivity index (χ1n) is 7.37. The van der Waals surface area contributed by atoms with Gasteiger partial charge in [-0.25, -0.2) is 4.39 Å². The summed E-state index contributed by atoms with van der Waals surface area (Å²) in [7, 11) is 0. The number of halogens is 1. The van der Waals surface area contributed by atoms with Crippen molar-refractivity contribution < 1.29 is 9.13 Å². The van der Waals surface area contributed by atoms with Gasteiger partial charge in [0.05, 0.1) is 11.6 Å². The Morgan fingerprint density at radius 3 is 2.50 bits per heavy atom. The van der Waals surface area contributed by atoms with Crippen molar-refractivity contribution >= 4 is 28.3 Å². The minimum absolute atomic E-state index is 0.337. The van der Waals surface area contributed by atoms with E-state index in [1.807, 2.05) is 0 Å². The average Bonchev–Trinajstić information content (AvgIpc) is 2.54. The lowest BCUT2D eigenvalue weighted by Crippen LogP contribution is -2.43. The van der Waals surface area contributed by atoms with Gasteiger partial charge in [0.15, 0.2) is 5.60 Å². The van der Waals surface area contributed by atoms with Crippen LogP contribution >= 0.6 is 12.2 Å². The standard InChI is InChI=1S/C19H15FN2OS/c1-11(24)19(2)16(10-21)18(12-3-5-13(20)6-4-12)15-8-7-14(22)9-17(15)23-19/h3-9H,22H2,1-2H3. The van der Waals surface area contributed by atoms with Crippen LogP contribution in [0.15, 0.2) is 48.0 Å². The SMILES string of the molecule is CC(=S)C1(C)Oc2cc(N)ccc2C(c2ccc(F)cc2)=C1C#N. The Balaban J connectivity index is 2.38. The molecule has 0 aromatic heterocycles. The maximum Gasteiger partial charge on any atom is 0.172 e. The summed E-state index contributed by atoms with van der Waals surface area (Å²) in [6.07, 6.45) is 0.